The highest BCUT2D eigenvalue weighted by atomic mass is 16.5. The number of nitrogens with zero attached hydrogens (tertiary/aromatic N) is 2. The van der Waals surface area contributed by atoms with Gasteiger partial charge in [-0.1, -0.05) is 70.2 Å². The van der Waals surface area contributed by atoms with Crippen LogP contribution in [-0.2, 0) is 14.4 Å². The first-order valence-corrected chi connectivity index (χ1v) is 12.9. The van der Waals surface area contributed by atoms with Crippen LogP contribution in [-0.4, -0.2) is 72.1 Å². The van der Waals surface area contributed by atoms with E-state index in [4.69, 9.17) is 0 Å². The van der Waals surface area contributed by atoms with Gasteiger partial charge in [0.1, 0.15) is 0 Å². The number of piperazine rings is 1. The molecule has 0 saturated carbocycles. The van der Waals surface area contributed by atoms with E-state index >= 15 is 0 Å². The molecule has 1 saturated heterocycles. The minimum atomic E-state index is -0.790. The molecule has 1 aliphatic rings. The van der Waals surface area contributed by atoms with Crippen molar-refractivity contribution >= 4 is 23.8 Å². The first-order chi connectivity index (χ1) is 17.2. The van der Waals surface area contributed by atoms with E-state index in [0.717, 1.165) is 31.7 Å². The largest absolute Gasteiger partial charge is 0.314 e. The summed E-state index contributed by atoms with van der Waals surface area (Å²) in [5.41, 5.74) is 5.55. The van der Waals surface area contributed by atoms with E-state index in [1.807, 2.05) is 70.2 Å². The average molecular weight is 502 g/mol. The molecule has 0 bridgehead atoms. The molecular formula is C27H43N5O4. The molecule has 1 aromatic rings. The van der Waals surface area contributed by atoms with Crippen molar-refractivity contribution in [3.63, 3.8) is 0 Å². The van der Waals surface area contributed by atoms with E-state index in [1.54, 1.807) is 5.48 Å². The smallest absolute Gasteiger partial charge is 0.255 e. The van der Waals surface area contributed by atoms with Crippen LogP contribution in [0.5, 0.6) is 0 Å². The van der Waals surface area contributed by atoms with Crippen LogP contribution in [0.4, 0.5) is 0 Å². The minimum Gasteiger partial charge on any atom is -0.314 e. The zero-order valence-corrected chi connectivity index (χ0v) is 22.1. The second-order valence-electron chi connectivity index (χ2n) is 10.3. The van der Waals surface area contributed by atoms with Gasteiger partial charge in [0.25, 0.3) is 5.91 Å². The summed E-state index contributed by atoms with van der Waals surface area (Å²) in [5, 5.41) is 14.1. The maximum Gasteiger partial charge on any atom is 0.255 e. The summed E-state index contributed by atoms with van der Waals surface area (Å²) in [5.74, 6) is -2.42. The van der Waals surface area contributed by atoms with Crippen molar-refractivity contribution in [2.45, 2.75) is 40.5 Å². The minimum absolute atomic E-state index is 0.128. The van der Waals surface area contributed by atoms with Crippen LogP contribution in [0.2, 0.25) is 0 Å². The van der Waals surface area contributed by atoms with Crippen molar-refractivity contribution in [1.82, 2.24) is 26.1 Å². The van der Waals surface area contributed by atoms with Gasteiger partial charge in [-0.05, 0) is 30.2 Å². The number of carbonyl (C=O) groups is 3. The van der Waals surface area contributed by atoms with Crippen LogP contribution < -0.4 is 16.2 Å². The van der Waals surface area contributed by atoms with E-state index in [1.165, 1.54) is 5.01 Å². The molecule has 200 valence electrons. The van der Waals surface area contributed by atoms with Crippen LogP contribution in [0.15, 0.2) is 36.4 Å². The molecule has 3 amide bonds. The van der Waals surface area contributed by atoms with Crippen molar-refractivity contribution < 1.29 is 19.6 Å². The third-order valence-corrected chi connectivity index (χ3v) is 6.16. The van der Waals surface area contributed by atoms with Gasteiger partial charge in [-0.3, -0.25) is 34.9 Å². The zero-order valence-electron chi connectivity index (χ0n) is 22.1. The highest BCUT2D eigenvalue weighted by Crippen LogP contribution is 2.25. The Balaban J connectivity index is 2.19. The van der Waals surface area contributed by atoms with Crippen molar-refractivity contribution in [3.05, 3.63) is 42.0 Å². The molecule has 1 fully saturated rings. The first kappa shape index (κ1) is 29.5. The number of hydrogen-bond donors (Lipinski definition) is 4. The number of allylic oxidation sites excluding steroid dienone is 1. The highest BCUT2D eigenvalue weighted by molar-refractivity contribution is 5.89. The van der Waals surface area contributed by atoms with Crippen molar-refractivity contribution in [1.29, 1.82) is 0 Å². The summed E-state index contributed by atoms with van der Waals surface area (Å²) in [6.07, 6.45) is 4.44. The lowest BCUT2D eigenvalue weighted by molar-refractivity contribution is -0.148. The summed E-state index contributed by atoms with van der Waals surface area (Å²) in [6, 6.07) is 9.67. The number of rotatable bonds is 12. The fourth-order valence-electron chi connectivity index (χ4n) is 4.35. The molecule has 1 heterocycles. The Morgan fingerprint density at radius 1 is 1.03 bits per heavy atom. The lowest BCUT2D eigenvalue weighted by Crippen LogP contribution is -2.55. The average Bonchev–Trinajstić information content (AvgIpc) is 2.85. The third-order valence-electron chi connectivity index (χ3n) is 6.16. The zero-order chi connectivity index (χ0) is 26.5. The van der Waals surface area contributed by atoms with Gasteiger partial charge in [-0.25, -0.2) is 5.48 Å². The SMILES string of the molecule is CC(C)C[C@@H](C(=O)NN(CC(C)C)C(=O)CN1CCNCC1)[C@H](C/C=C/c1ccccc1)C(=O)NO. The van der Waals surface area contributed by atoms with Gasteiger partial charge in [0, 0.05) is 32.7 Å². The fourth-order valence-corrected chi connectivity index (χ4v) is 4.35. The molecule has 0 aliphatic carbocycles. The maximum absolute atomic E-state index is 13.5. The number of hydroxylamine groups is 1. The standard InChI is InChI=1S/C27H43N5O4/c1-20(2)17-24(23(27(35)30-36)12-8-11-22-9-6-5-7-10-22)26(34)29-32(18-21(3)4)25(33)19-31-15-13-28-14-16-31/h5-11,20-21,23-24,28,36H,12-19H2,1-4H3,(H,29,34)(H,30,35)/b11-8+/t23-,24+/m0/s1. The number of hydrazine groups is 1. The summed E-state index contributed by atoms with van der Waals surface area (Å²) in [4.78, 5) is 41.4. The van der Waals surface area contributed by atoms with Gasteiger partial charge in [-0.15, -0.1) is 0 Å². The second-order valence-corrected chi connectivity index (χ2v) is 10.3. The molecule has 2 rings (SSSR count). The first-order valence-electron chi connectivity index (χ1n) is 12.9. The molecule has 1 aliphatic heterocycles. The molecule has 4 N–H and O–H groups in total. The molecule has 0 aromatic heterocycles. The summed E-state index contributed by atoms with van der Waals surface area (Å²) < 4.78 is 0. The lowest BCUT2D eigenvalue weighted by atomic mass is 9.82. The molecular weight excluding hydrogens is 458 g/mol. The van der Waals surface area contributed by atoms with E-state index in [2.05, 4.69) is 15.6 Å². The Labute approximate surface area is 215 Å². The summed E-state index contributed by atoms with van der Waals surface area (Å²) >= 11 is 0. The molecule has 0 radical (unpaired) electrons. The Morgan fingerprint density at radius 2 is 1.69 bits per heavy atom. The van der Waals surface area contributed by atoms with Crippen LogP contribution in [0.1, 0.15) is 46.1 Å². The Bertz CT molecular complexity index is 853. The number of amides is 3. The number of nitrogens with one attached hydrogen (secondary N) is 3. The van der Waals surface area contributed by atoms with Crippen LogP contribution in [0.25, 0.3) is 6.08 Å². The monoisotopic (exact) mass is 501 g/mol. The predicted octanol–water partition coefficient (Wildman–Crippen LogP) is 2.29. The maximum atomic E-state index is 13.5. The Morgan fingerprint density at radius 3 is 2.28 bits per heavy atom. The van der Waals surface area contributed by atoms with Crippen molar-refractivity contribution in [2.75, 3.05) is 39.3 Å². The van der Waals surface area contributed by atoms with E-state index in [-0.39, 0.29) is 36.6 Å². The number of hydrogen-bond acceptors (Lipinski definition) is 6. The predicted molar refractivity (Wildman–Crippen MR) is 140 cm³/mol. The van der Waals surface area contributed by atoms with Crippen LogP contribution >= 0.6 is 0 Å². The van der Waals surface area contributed by atoms with Crippen LogP contribution in [0, 0.1) is 23.7 Å². The quantitative estimate of drug-likeness (QED) is 0.258. The topological polar surface area (TPSA) is 114 Å². The Kier molecular flexibility index (Phi) is 12.6. The van der Waals surface area contributed by atoms with Gasteiger partial charge in [-0.2, -0.15) is 0 Å². The summed E-state index contributed by atoms with van der Waals surface area (Å²) in [6.45, 7) is 11.7. The molecule has 9 heteroatoms. The molecule has 36 heavy (non-hydrogen) atoms. The molecule has 9 nitrogen and oxygen atoms in total. The lowest BCUT2D eigenvalue weighted by Gasteiger charge is -2.33. The molecule has 0 spiro atoms. The fraction of sp³-hybridized carbons (Fsp3) is 0.593. The van der Waals surface area contributed by atoms with Crippen molar-refractivity contribution in [2.24, 2.45) is 23.7 Å². The Hall–Kier alpha value is -2.75. The van der Waals surface area contributed by atoms with Gasteiger partial charge >= 0.3 is 0 Å². The van der Waals surface area contributed by atoms with Gasteiger partial charge in [0.2, 0.25) is 11.8 Å². The van der Waals surface area contributed by atoms with Crippen LogP contribution in [0.3, 0.4) is 0 Å². The van der Waals surface area contributed by atoms with Crippen molar-refractivity contribution in [3.8, 4) is 0 Å². The van der Waals surface area contributed by atoms with E-state index in [0.29, 0.717) is 13.0 Å². The number of carbonyl (C=O) groups excluding carboxylic acids is 3. The molecule has 1 aromatic carbocycles. The van der Waals surface area contributed by atoms with Gasteiger partial charge < -0.3 is 5.32 Å². The van der Waals surface area contributed by atoms with E-state index in [9.17, 15) is 19.6 Å². The number of benzene rings is 1. The second kappa shape index (κ2) is 15.4. The van der Waals surface area contributed by atoms with Gasteiger partial charge in [0.05, 0.1) is 18.4 Å². The van der Waals surface area contributed by atoms with Gasteiger partial charge in [0.15, 0.2) is 0 Å². The van der Waals surface area contributed by atoms with E-state index < -0.39 is 17.7 Å². The third kappa shape index (κ3) is 10.1. The highest BCUT2D eigenvalue weighted by Gasteiger charge is 2.35. The summed E-state index contributed by atoms with van der Waals surface area (Å²) in [7, 11) is 0. The molecule has 0 unspecified atom stereocenters. The molecule has 2 atom stereocenters. The normalized spacial score (nSPS) is 16.2.